The highest BCUT2D eigenvalue weighted by Gasteiger charge is 2.07. The third kappa shape index (κ3) is 3.98. The molecule has 24 heavy (non-hydrogen) atoms. The van der Waals surface area contributed by atoms with E-state index in [2.05, 4.69) is 20.8 Å². The van der Waals surface area contributed by atoms with Crippen molar-refractivity contribution in [2.75, 3.05) is 5.32 Å². The molecule has 122 valence electrons. The largest absolute Gasteiger partial charge is 0.339 e. The van der Waals surface area contributed by atoms with Crippen LogP contribution in [-0.2, 0) is 13.0 Å². The van der Waals surface area contributed by atoms with Gasteiger partial charge in [0.1, 0.15) is 0 Å². The number of carbonyl (C=O) groups excluding carboxylic acids is 1. The topological polar surface area (TPSA) is 80.0 Å². The molecule has 0 aliphatic carbocycles. The van der Waals surface area contributed by atoms with Crippen molar-refractivity contribution < 1.29 is 9.32 Å². The lowest BCUT2D eigenvalue weighted by Crippen LogP contribution is -2.28. The summed E-state index contributed by atoms with van der Waals surface area (Å²) < 4.78 is 5.10. The zero-order valence-corrected chi connectivity index (χ0v) is 13.3. The normalized spacial score (nSPS) is 10.4. The van der Waals surface area contributed by atoms with Crippen molar-refractivity contribution in [2.24, 2.45) is 0 Å². The first kappa shape index (κ1) is 15.7. The summed E-state index contributed by atoms with van der Waals surface area (Å²) >= 11 is 0. The lowest BCUT2D eigenvalue weighted by Gasteiger charge is -2.08. The van der Waals surface area contributed by atoms with Crippen LogP contribution in [0.5, 0.6) is 0 Å². The molecule has 2 N–H and O–H groups in total. The number of carbonyl (C=O) groups is 1. The summed E-state index contributed by atoms with van der Waals surface area (Å²) in [5.41, 5.74) is 2.59. The van der Waals surface area contributed by atoms with Gasteiger partial charge in [0, 0.05) is 24.2 Å². The molecule has 6 heteroatoms. The Morgan fingerprint density at radius 1 is 1.08 bits per heavy atom. The van der Waals surface area contributed by atoms with Gasteiger partial charge in [0.15, 0.2) is 0 Å². The number of anilines is 1. The molecule has 0 atom stereocenters. The van der Waals surface area contributed by atoms with Crippen LogP contribution in [0.25, 0.3) is 11.4 Å². The Morgan fingerprint density at radius 2 is 1.83 bits per heavy atom. The molecule has 0 unspecified atom stereocenters. The zero-order chi connectivity index (χ0) is 16.8. The van der Waals surface area contributed by atoms with E-state index in [1.54, 1.807) is 12.1 Å². The van der Waals surface area contributed by atoms with Crippen LogP contribution >= 0.6 is 0 Å². The van der Waals surface area contributed by atoms with Crippen molar-refractivity contribution in [3.05, 3.63) is 66.1 Å². The maximum absolute atomic E-state index is 11.9. The average molecular weight is 322 g/mol. The van der Waals surface area contributed by atoms with E-state index < -0.39 is 0 Å². The fraction of sp³-hybridized carbons (Fsp3) is 0.167. The van der Waals surface area contributed by atoms with E-state index in [0.717, 1.165) is 11.1 Å². The Morgan fingerprint density at radius 3 is 2.50 bits per heavy atom. The average Bonchev–Trinajstić information content (AvgIpc) is 3.11. The van der Waals surface area contributed by atoms with Crippen molar-refractivity contribution >= 4 is 11.7 Å². The Bertz CT molecular complexity index is 797. The van der Waals surface area contributed by atoms with E-state index in [4.69, 9.17) is 4.52 Å². The second-order valence-electron chi connectivity index (χ2n) is 5.24. The smallest absolute Gasteiger partial charge is 0.319 e. The summed E-state index contributed by atoms with van der Waals surface area (Å²) in [5, 5.41) is 9.53. The maximum atomic E-state index is 11.9. The van der Waals surface area contributed by atoms with E-state index in [9.17, 15) is 4.79 Å². The Hall–Kier alpha value is -3.15. The van der Waals surface area contributed by atoms with Crippen LogP contribution in [0.2, 0.25) is 0 Å². The van der Waals surface area contributed by atoms with Gasteiger partial charge in [-0.15, -0.1) is 0 Å². The van der Waals surface area contributed by atoms with Gasteiger partial charge in [-0.05, 0) is 29.8 Å². The molecule has 1 heterocycles. The van der Waals surface area contributed by atoms with Gasteiger partial charge >= 0.3 is 6.03 Å². The molecular weight excluding hydrogens is 304 g/mol. The van der Waals surface area contributed by atoms with Crippen LogP contribution in [0.3, 0.4) is 0 Å². The molecule has 0 saturated carbocycles. The Labute approximate surface area is 139 Å². The number of aryl methyl sites for hydroxylation is 1. The lowest BCUT2D eigenvalue weighted by molar-refractivity contribution is 0.251. The fourth-order valence-electron chi connectivity index (χ4n) is 2.17. The molecule has 3 aromatic rings. The maximum Gasteiger partial charge on any atom is 0.319 e. The number of nitrogens with one attached hydrogen (secondary N) is 2. The molecule has 3 rings (SSSR count). The van der Waals surface area contributed by atoms with Crippen LogP contribution in [0.4, 0.5) is 10.5 Å². The summed E-state index contributed by atoms with van der Waals surface area (Å²) in [6.07, 6.45) is 0.703. The molecule has 2 aromatic carbocycles. The first-order chi connectivity index (χ1) is 11.7. The minimum Gasteiger partial charge on any atom is -0.339 e. The number of rotatable bonds is 5. The minimum atomic E-state index is -0.251. The molecule has 0 saturated heterocycles. The summed E-state index contributed by atoms with van der Waals surface area (Å²) in [6.45, 7) is 2.44. The highest BCUT2D eigenvalue weighted by molar-refractivity contribution is 5.89. The van der Waals surface area contributed by atoms with Crippen molar-refractivity contribution in [3.8, 4) is 11.4 Å². The molecular formula is C18H18N4O2. The number of amides is 2. The van der Waals surface area contributed by atoms with Crippen LogP contribution in [0.15, 0.2) is 59.1 Å². The van der Waals surface area contributed by atoms with Crippen LogP contribution in [0, 0.1) is 0 Å². The number of nitrogens with zero attached hydrogens (tertiary/aromatic N) is 2. The van der Waals surface area contributed by atoms with E-state index in [-0.39, 0.29) is 6.03 Å². The Balaban J connectivity index is 1.56. The number of hydrogen-bond acceptors (Lipinski definition) is 4. The number of aromatic nitrogens is 2. The van der Waals surface area contributed by atoms with Crippen molar-refractivity contribution in [2.45, 2.75) is 19.9 Å². The van der Waals surface area contributed by atoms with Gasteiger partial charge in [-0.3, -0.25) is 0 Å². The van der Waals surface area contributed by atoms with E-state index >= 15 is 0 Å². The second-order valence-corrected chi connectivity index (χ2v) is 5.24. The van der Waals surface area contributed by atoms with Crippen LogP contribution in [-0.4, -0.2) is 16.2 Å². The lowest BCUT2D eigenvalue weighted by atomic mass is 10.2. The highest BCUT2D eigenvalue weighted by Crippen LogP contribution is 2.18. The van der Waals surface area contributed by atoms with Gasteiger partial charge in [-0.2, -0.15) is 4.98 Å². The van der Waals surface area contributed by atoms with Gasteiger partial charge in [-0.1, -0.05) is 42.4 Å². The predicted octanol–water partition coefficient (Wildman–Crippen LogP) is 3.62. The van der Waals surface area contributed by atoms with Crippen molar-refractivity contribution in [3.63, 3.8) is 0 Å². The van der Waals surface area contributed by atoms with Gasteiger partial charge in [0.2, 0.25) is 11.7 Å². The van der Waals surface area contributed by atoms with Gasteiger partial charge in [0.05, 0.1) is 0 Å². The molecule has 0 aliphatic rings. The van der Waals surface area contributed by atoms with Gasteiger partial charge in [-0.25, -0.2) is 4.79 Å². The van der Waals surface area contributed by atoms with Crippen LogP contribution in [0.1, 0.15) is 18.4 Å². The molecule has 0 aliphatic heterocycles. The fourth-order valence-corrected chi connectivity index (χ4v) is 2.17. The monoisotopic (exact) mass is 322 g/mol. The number of benzene rings is 2. The van der Waals surface area contributed by atoms with Crippen molar-refractivity contribution in [1.29, 1.82) is 0 Å². The molecule has 0 radical (unpaired) electrons. The van der Waals surface area contributed by atoms with E-state index in [1.165, 1.54) is 0 Å². The second kappa shape index (κ2) is 7.41. The molecule has 0 bridgehead atoms. The summed E-state index contributed by atoms with van der Waals surface area (Å²) in [6, 6.07) is 16.8. The standard InChI is InChI=1S/C18H18N4O2/c1-2-16-21-17(22-24-16)14-8-10-15(11-9-14)20-18(23)19-12-13-6-4-3-5-7-13/h3-11H,2,12H2,1H3,(H2,19,20,23). The molecule has 1 aromatic heterocycles. The van der Waals surface area contributed by atoms with Gasteiger partial charge < -0.3 is 15.2 Å². The zero-order valence-electron chi connectivity index (χ0n) is 13.3. The summed E-state index contributed by atoms with van der Waals surface area (Å²) in [4.78, 5) is 16.2. The quantitative estimate of drug-likeness (QED) is 0.752. The third-order valence-electron chi connectivity index (χ3n) is 3.47. The first-order valence-electron chi connectivity index (χ1n) is 7.76. The van der Waals surface area contributed by atoms with E-state index in [0.29, 0.717) is 30.4 Å². The minimum absolute atomic E-state index is 0.251. The Kier molecular flexibility index (Phi) is 4.86. The SMILES string of the molecule is CCc1nc(-c2ccc(NC(=O)NCc3ccccc3)cc2)no1. The summed E-state index contributed by atoms with van der Waals surface area (Å²) in [5.74, 6) is 1.15. The molecule has 0 fully saturated rings. The van der Waals surface area contributed by atoms with E-state index in [1.807, 2.05) is 49.4 Å². The number of hydrogen-bond donors (Lipinski definition) is 2. The summed E-state index contributed by atoms with van der Waals surface area (Å²) in [7, 11) is 0. The molecule has 6 nitrogen and oxygen atoms in total. The number of urea groups is 1. The highest BCUT2D eigenvalue weighted by atomic mass is 16.5. The third-order valence-corrected chi connectivity index (χ3v) is 3.47. The first-order valence-corrected chi connectivity index (χ1v) is 7.76. The molecule has 0 spiro atoms. The van der Waals surface area contributed by atoms with Gasteiger partial charge in [0.25, 0.3) is 0 Å². The molecule has 2 amide bonds. The van der Waals surface area contributed by atoms with Crippen molar-refractivity contribution in [1.82, 2.24) is 15.5 Å². The predicted molar refractivity (Wildman–Crippen MR) is 91.4 cm³/mol. The van der Waals surface area contributed by atoms with Crippen LogP contribution < -0.4 is 10.6 Å².